The van der Waals surface area contributed by atoms with E-state index in [1.54, 1.807) is 0 Å². The molecule has 0 rings (SSSR count). The Morgan fingerprint density at radius 1 is 0.769 bits per heavy atom. The lowest BCUT2D eigenvalue weighted by molar-refractivity contribution is -0.444. The van der Waals surface area contributed by atoms with Crippen molar-refractivity contribution < 1.29 is 57.9 Å². The standard InChI is InChI=1S/C7H14N2O4.C6H13N2O2.CO2/c8-4(6(10)11)2-1-3-5(9)7(12)13;7-4-2-1-3-5(8)6(9)10;2-1-3/h4-5H,1-3,8-9H2,(H,10,11)(H,12,13);5,7H,1-4,8H2,(H,9,10);/q;-1;/p+1/t4-,5+;5-;/m.0./s1. The van der Waals surface area contributed by atoms with Gasteiger partial charge in [-0.2, -0.15) is 16.1 Å². The van der Waals surface area contributed by atoms with Crippen LogP contribution in [0.4, 0.5) is 0 Å². The fourth-order valence-electron chi connectivity index (χ4n) is 1.48. The third-order valence-electron chi connectivity index (χ3n) is 3.08. The van der Waals surface area contributed by atoms with Crippen LogP contribution in [-0.4, -0.2) is 48.7 Å². The first kappa shape index (κ1) is 28.4. The molecule has 12 heteroatoms. The van der Waals surface area contributed by atoms with Gasteiger partial charge in [0.05, 0.1) is 17.9 Å². The number of hydrogen-bond donors (Lipinski definition) is 3. The first-order valence-corrected chi connectivity index (χ1v) is 7.80. The maximum Gasteiger partial charge on any atom is 1.00 e. The fraction of sp³-hybridized carbons (Fsp3) is 0.714. The van der Waals surface area contributed by atoms with Crippen molar-refractivity contribution >= 4 is 24.1 Å². The van der Waals surface area contributed by atoms with Gasteiger partial charge in [0.2, 0.25) is 0 Å². The molecule has 12 nitrogen and oxygen atoms in total. The minimum atomic E-state index is -1.21. The van der Waals surface area contributed by atoms with Crippen LogP contribution in [0.15, 0.2) is 0 Å². The fourth-order valence-corrected chi connectivity index (χ4v) is 1.48. The predicted octanol–water partition coefficient (Wildman–Crippen LogP) is -7.02. The Balaban J connectivity index is -0.000000169. The quantitative estimate of drug-likeness (QED) is 0.289. The summed E-state index contributed by atoms with van der Waals surface area (Å²) in [5, 5.41) is 30.5. The topological polar surface area (TPSA) is 261 Å². The second-order valence-corrected chi connectivity index (χ2v) is 5.31. The first-order valence-electron chi connectivity index (χ1n) is 7.80. The molecular weight excluding hydrogens is 352 g/mol. The molecule has 3 atom stereocenters. The zero-order chi connectivity index (χ0) is 21.1. The molecule has 0 heterocycles. The molecule has 10 N–H and O–H groups in total. The molecule has 0 unspecified atom stereocenters. The van der Waals surface area contributed by atoms with E-state index in [9.17, 15) is 29.7 Å². The second kappa shape index (κ2) is 19.0. The summed E-state index contributed by atoms with van der Waals surface area (Å²) in [6.07, 6.45) is 3.35. The number of rotatable bonds is 11. The summed E-state index contributed by atoms with van der Waals surface area (Å²) < 4.78 is 0. The molecule has 0 aromatic rings. The number of quaternary nitrogens is 3. The lowest BCUT2D eigenvalue weighted by Crippen LogP contribution is -2.69. The van der Waals surface area contributed by atoms with Gasteiger partial charge in [-0.25, -0.2) is 0 Å². The Morgan fingerprint density at radius 2 is 1.04 bits per heavy atom. The normalized spacial score (nSPS) is 12.8. The molecule has 152 valence electrons. The number of carboxylic acids is 3. The van der Waals surface area contributed by atoms with Crippen molar-refractivity contribution in [1.29, 1.82) is 0 Å². The molecule has 0 bridgehead atoms. The molecular formula is C14H28N4O8. The molecule has 0 amide bonds. The van der Waals surface area contributed by atoms with Crippen molar-refractivity contribution in [2.24, 2.45) is 0 Å². The Bertz CT molecular complexity index is 427. The largest absolute Gasteiger partial charge is 1.00 e. The Hall–Kier alpha value is -2.37. The van der Waals surface area contributed by atoms with Crippen molar-refractivity contribution in [1.82, 2.24) is 0 Å². The van der Waals surface area contributed by atoms with E-state index in [1.165, 1.54) is 0 Å². The van der Waals surface area contributed by atoms with Gasteiger partial charge in [0.1, 0.15) is 18.1 Å². The van der Waals surface area contributed by atoms with Crippen molar-refractivity contribution in [2.75, 3.05) is 6.54 Å². The van der Waals surface area contributed by atoms with Crippen LogP contribution in [0.3, 0.4) is 0 Å². The molecule has 0 aliphatic heterocycles. The molecule has 0 aliphatic carbocycles. The van der Waals surface area contributed by atoms with Crippen molar-refractivity contribution in [2.45, 2.75) is 56.7 Å². The molecule has 0 spiro atoms. The molecule has 0 aromatic carbocycles. The summed E-state index contributed by atoms with van der Waals surface area (Å²) in [6.45, 7) is 0.361. The number of carboxylic acid groups (broad SMARTS) is 3. The van der Waals surface area contributed by atoms with Crippen LogP contribution in [0.1, 0.15) is 40.0 Å². The molecule has 26 heavy (non-hydrogen) atoms. The average molecular weight is 380 g/mol. The van der Waals surface area contributed by atoms with Crippen LogP contribution in [0.5, 0.6) is 0 Å². The van der Waals surface area contributed by atoms with E-state index in [4.69, 9.17) is 15.3 Å². The van der Waals surface area contributed by atoms with E-state index in [0.29, 0.717) is 32.2 Å². The highest BCUT2D eigenvalue weighted by Crippen LogP contribution is 1.99. The van der Waals surface area contributed by atoms with Gasteiger partial charge in [-0.3, -0.25) is 0 Å². The number of carbonyl (C=O) groups excluding carboxylic acids is 5. The van der Waals surface area contributed by atoms with E-state index >= 15 is 0 Å². The van der Waals surface area contributed by atoms with Gasteiger partial charge >= 0.3 is 7.58 Å². The SMILES string of the molecule is O=C=O.[H+].[NH-]CCCC[C@H]([NH3+])C(=O)[O-].[NH3+][C@H](CCC[C@H]([NH3+])C(=O)[O-])C(=O)[O-]. The molecule has 0 saturated carbocycles. The van der Waals surface area contributed by atoms with Crippen LogP contribution < -0.4 is 32.5 Å². The highest BCUT2D eigenvalue weighted by molar-refractivity contribution is 5.70. The maximum atomic E-state index is 10.2. The monoisotopic (exact) mass is 380 g/mol. The van der Waals surface area contributed by atoms with Gasteiger partial charge in [0.25, 0.3) is 0 Å². The molecule has 0 aliphatic rings. The maximum absolute atomic E-state index is 10.2. The van der Waals surface area contributed by atoms with Crippen LogP contribution in [-0.2, 0) is 24.0 Å². The minimum Gasteiger partial charge on any atom is -0.677 e. The number of hydrogen-bond acceptors (Lipinski definition) is 8. The first-order chi connectivity index (χ1) is 12.0. The molecule has 0 aromatic heterocycles. The molecule has 0 fully saturated rings. The Morgan fingerprint density at radius 3 is 1.27 bits per heavy atom. The smallest absolute Gasteiger partial charge is 0.677 e. The Kier molecular flexibility index (Phi) is 20.7. The summed E-state index contributed by atoms with van der Waals surface area (Å²) in [7, 11) is 0. The van der Waals surface area contributed by atoms with Gasteiger partial charge in [0.15, 0.2) is 0 Å². The van der Waals surface area contributed by atoms with Crippen molar-refractivity contribution in [3.05, 3.63) is 5.73 Å². The number of nitrogens with one attached hydrogen (secondary N) is 1. The lowest BCUT2D eigenvalue weighted by atomic mass is 10.1. The highest BCUT2D eigenvalue weighted by atomic mass is 16.4. The van der Waals surface area contributed by atoms with E-state index in [-0.39, 0.29) is 7.58 Å². The number of carbonyl (C=O) groups is 3. The van der Waals surface area contributed by atoms with Gasteiger partial charge in [0, 0.05) is 19.3 Å². The van der Waals surface area contributed by atoms with Crippen LogP contribution in [0.25, 0.3) is 5.73 Å². The van der Waals surface area contributed by atoms with Gasteiger partial charge in [-0.15, -0.1) is 0 Å². The molecule has 0 radical (unpaired) electrons. The second-order valence-electron chi connectivity index (χ2n) is 5.31. The van der Waals surface area contributed by atoms with E-state index < -0.39 is 36.0 Å². The third-order valence-corrected chi connectivity index (χ3v) is 3.08. The lowest BCUT2D eigenvalue weighted by Gasteiger charge is -2.11. The summed E-state index contributed by atoms with van der Waals surface area (Å²) in [5.41, 5.74) is 16.8. The van der Waals surface area contributed by atoms with E-state index in [2.05, 4.69) is 17.2 Å². The average Bonchev–Trinajstić information content (AvgIpc) is 2.55. The zero-order valence-electron chi connectivity index (χ0n) is 15.6. The van der Waals surface area contributed by atoms with Crippen molar-refractivity contribution in [3.8, 4) is 0 Å². The van der Waals surface area contributed by atoms with Crippen molar-refractivity contribution in [3.63, 3.8) is 0 Å². The predicted molar refractivity (Wildman–Crippen MR) is 78.1 cm³/mol. The van der Waals surface area contributed by atoms with Gasteiger partial charge < -0.3 is 52.6 Å². The summed E-state index contributed by atoms with van der Waals surface area (Å²) >= 11 is 0. The highest BCUT2D eigenvalue weighted by Gasteiger charge is 2.11. The molecule has 0 saturated heterocycles. The van der Waals surface area contributed by atoms with E-state index in [0.717, 1.165) is 12.8 Å². The summed E-state index contributed by atoms with van der Waals surface area (Å²) in [4.78, 5) is 46.7. The summed E-state index contributed by atoms with van der Waals surface area (Å²) in [5.74, 6) is -3.52. The van der Waals surface area contributed by atoms with Gasteiger partial charge in [-0.05, 0) is 12.8 Å². The Labute approximate surface area is 152 Å². The zero-order valence-corrected chi connectivity index (χ0v) is 14.6. The summed E-state index contributed by atoms with van der Waals surface area (Å²) in [6, 6.07) is -2.17. The minimum absolute atomic E-state index is 0. The third kappa shape index (κ3) is 21.6. The number of unbranched alkanes of at least 4 members (excludes halogenated alkanes) is 1. The van der Waals surface area contributed by atoms with Crippen LogP contribution in [0.2, 0.25) is 0 Å². The number of aliphatic carboxylic acids is 3. The van der Waals surface area contributed by atoms with E-state index in [1.807, 2.05) is 0 Å². The van der Waals surface area contributed by atoms with Crippen LogP contribution >= 0.6 is 0 Å². The van der Waals surface area contributed by atoms with Crippen LogP contribution in [0, 0.1) is 0 Å². The van der Waals surface area contributed by atoms with Gasteiger partial charge in [-0.1, -0.05) is 6.42 Å².